The molecule has 24 heavy (non-hydrogen) atoms. The van der Waals surface area contributed by atoms with Crippen LogP contribution in [-0.2, 0) is 9.16 Å². The van der Waals surface area contributed by atoms with Gasteiger partial charge in [0.05, 0.1) is 25.9 Å². The Bertz CT molecular complexity index is 641. The van der Waals surface area contributed by atoms with Crippen LogP contribution in [0.5, 0.6) is 5.75 Å². The van der Waals surface area contributed by atoms with Crippen molar-refractivity contribution in [2.45, 2.75) is 58.9 Å². The van der Waals surface area contributed by atoms with Gasteiger partial charge in [-0.05, 0) is 42.3 Å². The lowest BCUT2D eigenvalue weighted by molar-refractivity contribution is 0.136. The average Bonchev–Trinajstić information content (AvgIpc) is 2.50. The van der Waals surface area contributed by atoms with Crippen molar-refractivity contribution in [3.8, 4) is 5.75 Å². The maximum absolute atomic E-state index is 6.84. The van der Waals surface area contributed by atoms with Gasteiger partial charge >= 0.3 is 0 Å². The lowest BCUT2D eigenvalue weighted by atomic mass is 9.81. The van der Waals surface area contributed by atoms with Crippen LogP contribution in [0, 0.1) is 5.92 Å². The Balaban J connectivity index is 2.60. The zero-order valence-electron chi connectivity index (χ0n) is 16.6. The molecule has 0 radical (unpaired) electrons. The summed E-state index contributed by atoms with van der Waals surface area (Å²) in [6.45, 7) is 15.8. The topological polar surface area (TPSA) is 27.7 Å². The number of hydrogen-bond acceptors (Lipinski definition) is 3. The molecule has 2 rings (SSSR count). The van der Waals surface area contributed by atoms with Gasteiger partial charge in [-0.2, -0.15) is 0 Å². The van der Waals surface area contributed by atoms with Gasteiger partial charge in [0.25, 0.3) is 0 Å². The minimum Gasteiger partial charge on any atom is -0.496 e. The van der Waals surface area contributed by atoms with Crippen LogP contribution in [0.1, 0.15) is 51.8 Å². The molecule has 0 amide bonds. The predicted molar refractivity (Wildman–Crippen MR) is 103 cm³/mol. The quantitative estimate of drug-likeness (QED) is 0.645. The van der Waals surface area contributed by atoms with Crippen molar-refractivity contribution < 1.29 is 13.9 Å². The third kappa shape index (κ3) is 3.14. The fourth-order valence-corrected chi connectivity index (χ4v) is 4.34. The normalized spacial score (nSPS) is 21.5. The van der Waals surface area contributed by atoms with E-state index in [1.54, 1.807) is 14.2 Å². The van der Waals surface area contributed by atoms with E-state index in [1.807, 2.05) is 12.1 Å². The minimum atomic E-state index is -1.90. The van der Waals surface area contributed by atoms with Crippen LogP contribution in [0.25, 0.3) is 5.76 Å². The average molecular weight is 349 g/mol. The van der Waals surface area contributed by atoms with E-state index in [2.05, 4.69) is 53.8 Å². The molecule has 0 heterocycles. The van der Waals surface area contributed by atoms with Crippen molar-refractivity contribution in [2.75, 3.05) is 14.2 Å². The molecule has 1 aromatic carbocycles. The molecule has 4 heteroatoms. The summed E-state index contributed by atoms with van der Waals surface area (Å²) in [5.74, 6) is 2.04. The summed E-state index contributed by atoms with van der Waals surface area (Å²) in [5, 5.41) is 0.172. The van der Waals surface area contributed by atoms with Crippen molar-refractivity contribution in [3.05, 3.63) is 34.9 Å². The highest BCUT2D eigenvalue weighted by Crippen LogP contribution is 2.49. The van der Waals surface area contributed by atoms with E-state index in [9.17, 15) is 0 Å². The lowest BCUT2D eigenvalue weighted by Crippen LogP contribution is -2.43. The SMILES string of the molecule is COC1=C(C)[C@H](C)[C@@H](O[Si](C)(C)C(C)(C)C)c2cccc(OC)c21. The Labute approximate surface area is 148 Å². The molecule has 0 N–H and O–H groups in total. The number of benzene rings is 1. The van der Waals surface area contributed by atoms with E-state index in [0.717, 1.165) is 17.1 Å². The molecule has 1 aliphatic carbocycles. The number of fused-ring (bicyclic) bond motifs is 1. The summed E-state index contributed by atoms with van der Waals surface area (Å²) >= 11 is 0. The monoisotopic (exact) mass is 348 g/mol. The van der Waals surface area contributed by atoms with E-state index in [-0.39, 0.29) is 17.1 Å². The van der Waals surface area contributed by atoms with Gasteiger partial charge in [-0.15, -0.1) is 0 Å². The highest BCUT2D eigenvalue weighted by molar-refractivity contribution is 6.74. The van der Waals surface area contributed by atoms with Crippen LogP contribution in [0.2, 0.25) is 18.1 Å². The van der Waals surface area contributed by atoms with Crippen molar-refractivity contribution >= 4 is 14.1 Å². The molecule has 0 saturated carbocycles. The highest BCUT2D eigenvalue weighted by atomic mass is 28.4. The number of ether oxygens (including phenoxy) is 2. The molecule has 0 spiro atoms. The maximum atomic E-state index is 6.84. The second kappa shape index (κ2) is 6.56. The molecule has 0 aromatic heterocycles. The van der Waals surface area contributed by atoms with Crippen LogP contribution >= 0.6 is 0 Å². The molecule has 0 unspecified atom stereocenters. The predicted octanol–water partition coefficient (Wildman–Crippen LogP) is 5.79. The van der Waals surface area contributed by atoms with E-state index in [4.69, 9.17) is 13.9 Å². The number of methoxy groups -OCH3 is 2. The Kier molecular flexibility index (Phi) is 5.21. The van der Waals surface area contributed by atoms with Crippen molar-refractivity contribution in [3.63, 3.8) is 0 Å². The largest absolute Gasteiger partial charge is 0.496 e. The van der Waals surface area contributed by atoms with Gasteiger partial charge < -0.3 is 13.9 Å². The van der Waals surface area contributed by atoms with Gasteiger partial charge in [0.2, 0.25) is 0 Å². The van der Waals surface area contributed by atoms with Gasteiger partial charge in [-0.25, -0.2) is 0 Å². The second-order valence-corrected chi connectivity index (χ2v) is 13.0. The molecule has 0 aliphatic heterocycles. The molecular formula is C20H32O3Si. The first kappa shape index (κ1) is 19.1. The summed E-state index contributed by atoms with van der Waals surface area (Å²) in [6.07, 6.45) is 0.0369. The van der Waals surface area contributed by atoms with E-state index >= 15 is 0 Å². The van der Waals surface area contributed by atoms with Crippen LogP contribution in [0.4, 0.5) is 0 Å². The molecule has 1 aromatic rings. The van der Waals surface area contributed by atoms with Gasteiger partial charge in [0, 0.05) is 5.92 Å². The lowest BCUT2D eigenvalue weighted by Gasteiger charge is -2.43. The van der Waals surface area contributed by atoms with Crippen molar-refractivity contribution in [1.82, 2.24) is 0 Å². The Hall–Kier alpha value is -1.26. The fraction of sp³-hybridized carbons (Fsp3) is 0.600. The zero-order chi connectivity index (χ0) is 18.3. The molecule has 1 aliphatic rings. The molecule has 0 bridgehead atoms. The Morgan fingerprint density at radius 1 is 1.04 bits per heavy atom. The van der Waals surface area contributed by atoms with Gasteiger partial charge in [0.15, 0.2) is 8.32 Å². The molecule has 134 valence electrons. The summed E-state index contributed by atoms with van der Waals surface area (Å²) in [6, 6.07) is 6.18. The zero-order valence-corrected chi connectivity index (χ0v) is 17.6. The molecule has 0 saturated heterocycles. The first-order chi connectivity index (χ1) is 11.0. The fourth-order valence-electron chi connectivity index (χ4n) is 3.02. The Morgan fingerprint density at radius 2 is 1.67 bits per heavy atom. The Morgan fingerprint density at radius 3 is 2.17 bits per heavy atom. The summed E-state index contributed by atoms with van der Waals surface area (Å²) in [4.78, 5) is 0. The van der Waals surface area contributed by atoms with Crippen LogP contribution < -0.4 is 4.74 Å². The van der Waals surface area contributed by atoms with Gasteiger partial charge in [-0.1, -0.05) is 39.8 Å². The highest BCUT2D eigenvalue weighted by Gasteiger charge is 2.43. The summed E-state index contributed by atoms with van der Waals surface area (Å²) in [7, 11) is 1.55. The third-order valence-electron chi connectivity index (χ3n) is 5.74. The second-order valence-electron chi connectivity index (χ2n) is 8.23. The standard InChI is InChI=1S/C20H32O3Si/c1-13-14(2)19(22-7)17-15(11-10-12-16(17)21-6)18(13)23-24(8,9)20(3,4)5/h10-13,18H,1-9H3/t13-,18+/m0/s1. The molecule has 0 fully saturated rings. The van der Waals surface area contributed by atoms with Crippen molar-refractivity contribution in [1.29, 1.82) is 0 Å². The van der Waals surface area contributed by atoms with Gasteiger partial charge in [-0.3, -0.25) is 0 Å². The number of rotatable bonds is 4. The summed E-state index contributed by atoms with van der Waals surface area (Å²) in [5.41, 5.74) is 3.44. The van der Waals surface area contributed by atoms with Crippen molar-refractivity contribution in [2.24, 2.45) is 5.92 Å². The van der Waals surface area contributed by atoms with Gasteiger partial charge in [0.1, 0.15) is 11.5 Å². The molecule has 3 nitrogen and oxygen atoms in total. The minimum absolute atomic E-state index is 0.0369. The van der Waals surface area contributed by atoms with E-state index in [0.29, 0.717) is 0 Å². The van der Waals surface area contributed by atoms with E-state index < -0.39 is 8.32 Å². The van der Waals surface area contributed by atoms with Crippen LogP contribution in [0.15, 0.2) is 23.8 Å². The molecule has 2 atom stereocenters. The van der Waals surface area contributed by atoms with E-state index in [1.165, 1.54) is 11.1 Å². The van der Waals surface area contributed by atoms with Crippen LogP contribution in [0.3, 0.4) is 0 Å². The third-order valence-corrected chi connectivity index (χ3v) is 10.2. The maximum Gasteiger partial charge on any atom is 0.192 e. The number of hydrogen-bond donors (Lipinski definition) is 0. The first-order valence-electron chi connectivity index (χ1n) is 8.65. The summed E-state index contributed by atoms with van der Waals surface area (Å²) < 4.78 is 18.2. The molecular weight excluding hydrogens is 316 g/mol. The first-order valence-corrected chi connectivity index (χ1v) is 11.6. The van der Waals surface area contributed by atoms with Crippen LogP contribution in [-0.4, -0.2) is 22.5 Å². The smallest absolute Gasteiger partial charge is 0.192 e.